The molecule has 8 aromatic carbocycles. The van der Waals surface area contributed by atoms with Gasteiger partial charge in [-0.3, -0.25) is 0 Å². The zero-order valence-corrected chi connectivity index (χ0v) is 48.0. The Morgan fingerprint density at radius 3 is 0.859 bits per heavy atom. The van der Waals surface area contributed by atoms with Crippen LogP contribution in [0.25, 0.3) is 33.4 Å². The van der Waals surface area contributed by atoms with Crippen molar-refractivity contribution in [1.29, 1.82) is 0 Å². The van der Waals surface area contributed by atoms with E-state index in [1.165, 1.54) is 83.7 Å². The van der Waals surface area contributed by atoms with Crippen molar-refractivity contribution in [2.75, 3.05) is 11.9 Å². The summed E-state index contributed by atoms with van der Waals surface area (Å²) >= 11 is 0. The predicted molar refractivity (Wildman–Crippen MR) is 323 cm³/mol. The first-order valence-corrected chi connectivity index (χ1v) is 27.3. The molecule has 0 aliphatic heterocycles. The molecule has 3 aliphatic rings. The summed E-state index contributed by atoms with van der Waals surface area (Å²) in [6.45, 7) is 38.7. The lowest BCUT2D eigenvalue weighted by Gasteiger charge is -2.30. The largest absolute Gasteiger partial charge is 0.345 e. The molecular weight excluding hydrogens is 855 g/mol. The molecule has 0 radical (unpaired) electrons. The van der Waals surface area contributed by atoms with E-state index in [2.05, 4.69) is 215 Å². The zero-order valence-electron chi connectivity index (χ0n) is 48.0. The van der Waals surface area contributed by atoms with Gasteiger partial charge in [0.1, 0.15) is 0 Å². The molecule has 11 rings (SSSR count). The Kier molecular flexibility index (Phi) is 29.3. The molecule has 0 heterocycles. The molecule has 71 heavy (non-hydrogen) atoms. The molecule has 0 atom stereocenters. The average molecular weight is 949 g/mol. The molecule has 0 amide bonds. The molecule has 378 valence electrons. The van der Waals surface area contributed by atoms with Gasteiger partial charge in [0.05, 0.1) is 5.41 Å². The highest BCUT2D eigenvalue weighted by molar-refractivity contribution is 5.94. The van der Waals surface area contributed by atoms with Crippen LogP contribution in [0.2, 0.25) is 0 Å². The summed E-state index contributed by atoms with van der Waals surface area (Å²) in [5.74, 6) is 0. The molecule has 0 saturated heterocycles. The lowest BCUT2D eigenvalue weighted by atomic mass is 9.70. The molecule has 1 nitrogen and oxygen atoms in total. The first kappa shape index (κ1) is 62.6. The van der Waals surface area contributed by atoms with E-state index in [1.807, 2.05) is 129 Å². The maximum absolute atomic E-state index is 2.35. The van der Waals surface area contributed by atoms with Crippen molar-refractivity contribution in [2.24, 2.45) is 0 Å². The lowest BCUT2D eigenvalue weighted by molar-refractivity contribution is 0.660. The highest BCUT2D eigenvalue weighted by atomic mass is 15.1. The Morgan fingerprint density at radius 1 is 0.268 bits per heavy atom. The number of nitrogens with zero attached hydrogens (tertiary/aromatic N) is 1. The van der Waals surface area contributed by atoms with Gasteiger partial charge in [0.2, 0.25) is 0 Å². The van der Waals surface area contributed by atoms with Gasteiger partial charge in [0.15, 0.2) is 0 Å². The first-order chi connectivity index (χ1) is 34.9. The van der Waals surface area contributed by atoms with Gasteiger partial charge in [-0.25, -0.2) is 0 Å². The molecule has 0 fully saturated rings. The van der Waals surface area contributed by atoms with Crippen molar-refractivity contribution < 1.29 is 0 Å². The van der Waals surface area contributed by atoms with Crippen molar-refractivity contribution in [3.8, 4) is 33.4 Å². The van der Waals surface area contributed by atoms with Crippen molar-refractivity contribution >= 4 is 11.4 Å². The number of hydrogen-bond donors (Lipinski definition) is 0. The summed E-state index contributed by atoms with van der Waals surface area (Å²) in [5, 5.41) is 0. The van der Waals surface area contributed by atoms with Gasteiger partial charge in [-0.05, 0) is 98.0 Å². The van der Waals surface area contributed by atoms with Crippen molar-refractivity contribution in [3.63, 3.8) is 0 Å². The summed E-state index contributed by atoms with van der Waals surface area (Å²) < 4.78 is 0. The topological polar surface area (TPSA) is 3.24 Å². The molecule has 3 aliphatic carbocycles. The summed E-state index contributed by atoms with van der Waals surface area (Å²) in [6, 6.07) is 72.1. The standard InChI is InChI=1S/C25H16.C22H21N.C7H8.8C2H6/c1-5-13-21-17(9-1)18-10-2-6-14-22(18)25(21)23-15-7-3-11-19(23)20-12-4-8-16-24(20)25;1-22(2)20-12-8-7-11-18(20)19-14-13-17(15-21(19)22)23(3)16-9-5-4-6-10-16;1-7-5-3-2-4-6-7;8*1-2/h1-16H;4-15H,1-3H3;2-6H,1H3;8*1-2H3. The van der Waals surface area contributed by atoms with Crippen LogP contribution in [0.3, 0.4) is 0 Å². The van der Waals surface area contributed by atoms with Crippen LogP contribution in [-0.2, 0) is 10.8 Å². The van der Waals surface area contributed by atoms with E-state index >= 15 is 0 Å². The average Bonchev–Trinajstić information content (AvgIpc) is 4.04. The van der Waals surface area contributed by atoms with Gasteiger partial charge < -0.3 is 4.90 Å². The van der Waals surface area contributed by atoms with E-state index in [-0.39, 0.29) is 10.8 Å². The number of anilines is 2. The normalized spacial score (nSPS) is 11.3. The maximum atomic E-state index is 2.35. The third-order valence-corrected chi connectivity index (χ3v) is 11.9. The molecular formula is C70H93N. The van der Waals surface area contributed by atoms with Crippen LogP contribution in [-0.4, -0.2) is 7.05 Å². The molecule has 0 bridgehead atoms. The van der Waals surface area contributed by atoms with Crippen LogP contribution in [0.5, 0.6) is 0 Å². The van der Waals surface area contributed by atoms with Crippen LogP contribution in [0.1, 0.15) is 164 Å². The summed E-state index contributed by atoms with van der Waals surface area (Å²) in [6.07, 6.45) is 0. The molecule has 1 heteroatoms. The zero-order chi connectivity index (χ0) is 53.6. The van der Waals surface area contributed by atoms with Gasteiger partial charge in [-0.1, -0.05) is 306 Å². The fourth-order valence-electron chi connectivity index (χ4n) is 9.29. The SMILES string of the molecule is CC.CC.CC.CC.CC.CC.CC.CC.CN(c1ccccc1)c1ccc2c(c1)C(C)(C)c1ccccc1-2.Cc1ccccc1.c1ccc2c(c1)-c1ccccc1C21c2ccccc2-c2ccccc21. The van der Waals surface area contributed by atoms with E-state index in [0.29, 0.717) is 0 Å². The number of para-hydroxylation sites is 1. The number of hydrogen-bond acceptors (Lipinski definition) is 1. The summed E-state index contributed by atoms with van der Waals surface area (Å²) in [5.41, 5.74) is 20.3. The predicted octanol–water partition coefficient (Wildman–Crippen LogP) is 22.0. The van der Waals surface area contributed by atoms with Crippen molar-refractivity contribution in [3.05, 3.63) is 239 Å². The van der Waals surface area contributed by atoms with Crippen molar-refractivity contribution in [2.45, 2.75) is 142 Å². The third kappa shape index (κ3) is 13.5. The minimum absolute atomic E-state index is 0.0550. The maximum Gasteiger partial charge on any atom is 0.0725 e. The van der Waals surface area contributed by atoms with Crippen LogP contribution in [0.15, 0.2) is 200 Å². The van der Waals surface area contributed by atoms with Gasteiger partial charge in [0, 0.05) is 23.8 Å². The molecule has 0 saturated carbocycles. The quantitative estimate of drug-likeness (QED) is 0.167. The molecule has 0 N–H and O–H groups in total. The molecule has 1 spiro atoms. The number of fused-ring (bicyclic) bond motifs is 13. The Hall–Kier alpha value is -6.44. The van der Waals surface area contributed by atoms with Crippen LogP contribution >= 0.6 is 0 Å². The molecule has 0 aromatic heterocycles. The number of aryl methyl sites for hydroxylation is 1. The minimum atomic E-state index is -0.180. The Morgan fingerprint density at radius 2 is 0.535 bits per heavy atom. The van der Waals surface area contributed by atoms with Gasteiger partial charge in [0.25, 0.3) is 0 Å². The Labute approximate surface area is 436 Å². The van der Waals surface area contributed by atoms with Crippen LogP contribution in [0.4, 0.5) is 11.4 Å². The van der Waals surface area contributed by atoms with E-state index < -0.39 is 0 Å². The summed E-state index contributed by atoms with van der Waals surface area (Å²) in [7, 11) is 2.13. The van der Waals surface area contributed by atoms with Gasteiger partial charge >= 0.3 is 0 Å². The highest BCUT2D eigenvalue weighted by Crippen LogP contribution is 2.62. The minimum Gasteiger partial charge on any atom is -0.345 e. The number of rotatable bonds is 2. The Bertz CT molecular complexity index is 2460. The second kappa shape index (κ2) is 33.2. The van der Waals surface area contributed by atoms with E-state index in [9.17, 15) is 0 Å². The lowest BCUT2D eigenvalue weighted by Crippen LogP contribution is -2.25. The fraction of sp³-hybridized carbons (Fsp3) is 0.314. The van der Waals surface area contributed by atoms with Crippen molar-refractivity contribution in [1.82, 2.24) is 0 Å². The Balaban J connectivity index is 0.000000504. The molecule has 8 aromatic rings. The van der Waals surface area contributed by atoms with Crippen LogP contribution < -0.4 is 4.90 Å². The van der Waals surface area contributed by atoms with E-state index in [0.717, 1.165) is 0 Å². The highest BCUT2D eigenvalue weighted by Gasteiger charge is 2.51. The third-order valence-electron chi connectivity index (χ3n) is 11.9. The monoisotopic (exact) mass is 948 g/mol. The van der Waals surface area contributed by atoms with Gasteiger partial charge in [-0.2, -0.15) is 0 Å². The second-order valence-electron chi connectivity index (χ2n) is 15.4. The second-order valence-corrected chi connectivity index (χ2v) is 15.4. The fourth-order valence-corrected chi connectivity index (χ4v) is 9.29. The summed E-state index contributed by atoms with van der Waals surface area (Å²) in [4.78, 5) is 2.25. The first-order valence-electron chi connectivity index (χ1n) is 27.3. The van der Waals surface area contributed by atoms with Gasteiger partial charge in [-0.15, -0.1) is 0 Å². The number of benzene rings is 8. The van der Waals surface area contributed by atoms with Crippen LogP contribution in [0, 0.1) is 6.92 Å². The van der Waals surface area contributed by atoms with E-state index in [4.69, 9.17) is 0 Å². The molecule has 0 unspecified atom stereocenters. The van der Waals surface area contributed by atoms with E-state index in [1.54, 1.807) is 0 Å². The smallest absolute Gasteiger partial charge is 0.0725 e.